The van der Waals surface area contributed by atoms with Crippen LogP contribution in [0.3, 0.4) is 0 Å². The second kappa shape index (κ2) is 10.5. The summed E-state index contributed by atoms with van der Waals surface area (Å²) in [5, 5.41) is 13.3. The van der Waals surface area contributed by atoms with E-state index in [0.717, 1.165) is 23.5 Å². The Kier molecular flexibility index (Phi) is 7.55. The van der Waals surface area contributed by atoms with Gasteiger partial charge in [-0.3, -0.25) is 14.5 Å². The lowest BCUT2D eigenvalue weighted by atomic mass is 9.96. The SMILES string of the molecule is CC(C)(O)c1cc(F)c(-c2cc(C(N)=O)c(Nc3cccc(C(C(N)=O)N4CCOCC4)n3)s2)c(F)c1. The number of nitrogens with one attached hydrogen (secondary N) is 1. The van der Waals surface area contributed by atoms with E-state index in [2.05, 4.69) is 10.3 Å². The number of nitrogens with zero attached hydrogens (tertiary/aromatic N) is 2. The van der Waals surface area contributed by atoms with Crippen molar-refractivity contribution >= 4 is 34.0 Å². The second-order valence-electron chi connectivity index (χ2n) is 9.12. The maximum atomic E-state index is 14.9. The van der Waals surface area contributed by atoms with Crippen LogP contribution in [0.1, 0.15) is 41.5 Å². The number of carbonyl (C=O) groups excluding carboxylic acids is 2. The highest BCUT2D eigenvalue weighted by Gasteiger charge is 2.29. The minimum absolute atomic E-state index is 0.0113. The molecule has 6 N–H and O–H groups in total. The lowest BCUT2D eigenvalue weighted by Crippen LogP contribution is -2.44. The zero-order chi connectivity index (χ0) is 26.9. The van der Waals surface area contributed by atoms with Gasteiger partial charge in [0.2, 0.25) is 5.91 Å². The van der Waals surface area contributed by atoms with E-state index in [1.54, 1.807) is 18.2 Å². The van der Waals surface area contributed by atoms with Crippen molar-refractivity contribution in [1.82, 2.24) is 9.88 Å². The number of benzene rings is 1. The fourth-order valence-corrected chi connectivity index (χ4v) is 5.21. The van der Waals surface area contributed by atoms with Gasteiger partial charge in [0.15, 0.2) is 0 Å². The summed E-state index contributed by atoms with van der Waals surface area (Å²) in [7, 11) is 0. The predicted octanol–water partition coefficient (Wildman–Crippen LogP) is 3.02. The van der Waals surface area contributed by atoms with E-state index in [4.69, 9.17) is 16.2 Å². The molecule has 1 saturated heterocycles. The van der Waals surface area contributed by atoms with Crippen molar-refractivity contribution in [2.24, 2.45) is 11.5 Å². The average Bonchev–Trinajstić information content (AvgIpc) is 3.22. The minimum atomic E-state index is -1.44. The van der Waals surface area contributed by atoms with Crippen LogP contribution in [0.4, 0.5) is 19.6 Å². The molecule has 0 bridgehead atoms. The zero-order valence-corrected chi connectivity index (χ0v) is 21.1. The lowest BCUT2D eigenvalue weighted by molar-refractivity contribution is -0.125. The molecule has 1 fully saturated rings. The number of morpholine rings is 1. The van der Waals surface area contributed by atoms with Crippen LogP contribution in [0.25, 0.3) is 10.4 Å². The summed E-state index contributed by atoms with van der Waals surface area (Å²) in [6.07, 6.45) is 0. The van der Waals surface area contributed by atoms with E-state index < -0.39 is 35.1 Å². The maximum absolute atomic E-state index is 14.9. The third kappa shape index (κ3) is 5.77. The van der Waals surface area contributed by atoms with E-state index in [1.807, 2.05) is 4.90 Å². The third-order valence-electron chi connectivity index (χ3n) is 5.97. The lowest BCUT2D eigenvalue weighted by Gasteiger charge is -2.32. The number of hydrogen-bond donors (Lipinski definition) is 4. The van der Waals surface area contributed by atoms with Crippen LogP contribution >= 0.6 is 11.3 Å². The summed E-state index contributed by atoms with van der Waals surface area (Å²) < 4.78 is 35.2. The van der Waals surface area contributed by atoms with Gasteiger partial charge in [-0.25, -0.2) is 13.8 Å². The van der Waals surface area contributed by atoms with Gasteiger partial charge in [0.1, 0.15) is 28.5 Å². The topological polar surface area (TPSA) is 144 Å². The molecule has 2 amide bonds. The van der Waals surface area contributed by atoms with Crippen molar-refractivity contribution in [3.63, 3.8) is 0 Å². The molecule has 1 aliphatic rings. The van der Waals surface area contributed by atoms with E-state index >= 15 is 0 Å². The number of carbonyl (C=O) groups is 2. The van der Waals surface area contributed by atoms with E-state index in [-0.39, 0.29) is 32.4 Å². The standard InChI is InChI=1S/C25H27F2N5O4S/c1-25(2,35)13-10-15(26)20(16(27)11-13)18-12-14(22(28)33)24(37-18)31-19-5-3-4-17(30-19)21(23(29)34)32-6-8-36-9-7-32/h3-5,10-12,21,35H,6-9H2,1-2H3,(H2,28,33)(H2,29,34)(H,30,31). The number of rotatable bonds is 8. The molecule has 0 aliphatic carbocycles. The number of amides is 2. The Morgan fingerprint density at radius 1 is 1.16 bits per heavy atom. The molecule has 1 aliphatic heterocycles. The van der Waals surface area contributed by atoms with Crippen LogP contribution in [-0.4, -0.2) is 53.1 Å². The molecule has 0 saturated carbocycles. The molecule has 37 heavy (non-hydrogen) atoms. The van der Waals surface area contributed by atoms with Gasteiger partial charge < -0.3 is 26.6 Å². The third-order valence-corrected chi connectivity index (χ3v) is 7.03. The van der Waals surface area contributed by atoms with Crippen molar-refractivity contribution in [2.75, 3.05) is 31.6 Å². The average molecular weight is 532 g/mol. The number of thiophene rings is 1. The Balaban J connectivity index is 1.69. The molecule has 1 aromatic carbocycles. The molecule has 9 nitrogen and oxygen atoms in total. The Bertz CT molecular complexity index is 1310. The van der Waals surface area contributed by atoms with Crippen LogP contribution in [0, 0.1) is 11.6 Å². The summed E-state index contributed by atoms with van der Waals surface area (Å²) in [6, 6.07) is 7.58. The largest absolute Gasteiger partial charge is 0.386 e. The number of hydrogen-bond acceptors (Lipinski definition) is 8. The fraction of sp³-hybridized carbons (Fsp3) is 0.320. The molecule has 3 heterocycles. The molecule has 3 aromatic rings. The number of pyridine rings is 1. The highest BCUT2D eigenvalue weighted by molar-refractivity contribution is 7.20. The van der Waals surface area contributed by atoms with Crippen molar-refractivity contribution in [3.8, 4) is 10.4 Å². The van der Waals surface area contributed by atoms with Crippen LogP contribution in [-0.2, 0) is 15.1 Å². The summed E-state index contributed by atoms with van der Waals surface area (Å²) >= 11 is 0.913. The second-order valence-corrected chi connectivity index (χ2v) is 10.2. The Hall–Kier alpha value is -3.45. The first-order valence-electron chi connectivity index (χ1n) is 11.5. The molecule has 0 radical (unpaired) electrons. The number of halogens is 2. The molecule has 196 valence electrons. The summed E-state index contributed by atoms with van der Waals surface area (Å²) in [5.74, 6) is -2.88. The summed E-state index contributed by atoms with van der Waals surface area (Å²) in [5.41, 5.74) is 9.90. The Morgan fingerprint density at radius 3 is 2.38 bits per heavy atom. The number of aliphatic hydroxyl groups is 1. The van der Waals surface area contributed by atoms with Crippen LogP contribution in [0.2, 0.25) is 0 Å². The molecular formula is C25H27F2N5O4S. The van der Waals surface area contributed by atoms with Gasteiger partial charge in [0.05, 0.1) is 35.6 Å². The Morgan fingerprint density at radius 2 is 1.81 bits per heavy atom. The summed E-state index contributed by atoms with van der Waals surface area (Å²) in [4.78, 5) is 30.9. The van der Waals surface area contributed by atoms with E-state index in [1.165, 1.54) is 19.9 Å². The van der Waals surface area contributed by atoms with Gasteiger partial charge in [-0.2, -0.15) is 0 Å². The normalized spacial score (nSPS) is 15.4. The van der Waals surface area contributed by atoms with Gasteiger partial charge in [0, 0.05) is 18.0 Å². The first kappa shape index (κ1) is 26.6. The highest BCUT2D eigenvalue weighted by atomic mass is 32.1. The Labute approximate surface area is 216 Å². The predicted molar refractivity (Wildman–Crippen MR) is 135 cm³/mol. The smallest absolute Gasteiger partial charge is 0.251 e. The molecule has 1 atom stereocenters. The first-order valence-corrected chi connectivity index (χ1v) is 12.3. The van der Waals surface area contributed by atoms with E-state index in [0.29, 0.717) is 32.0 Å². The van der Waals surface area contributed by atoms with Gasteiger partial charge >= 0.3 is 0 Å². The molecule has 4 rings (SSSR count). The van der Waals surface area contributed by atoms with Crippen molar-refractivity contribution in [3.05, 3.63) is 64.9 Å². The number of nitrogens with two attached hydrogens (primary N) is 2. The number of primary amides is 2. The van der Waals surface area contributed by atoms with Gasteiger partial charge in [-0.05, 0) is 49.7 Å². The quantitative estimate of drug-likeness (QED) is 0.350. The van der Waals surface area contributed by atoms with Gasteiger partial charge in [0.25, 0.3) is 5.91 Å². The van der Waals surface area contributed by atoms with Gasteiger partial charge in [-0.15, -0.1) is 11.3 Å². The summed E-state index contributed by atoms with van der Waals surface area (Å²) in [6.45, 7) is 4.79. The van der Waals surface area contributed by atoms with Crippen molar-refractivity contribution in [1.29, 1.82) is 0 Å². The highest BCUT2D eigenvalue weighted by Crippen LogP contribution is 2.40. The molecular weight excluding hydrogens is 504 g/mol. The molecule has 1 unspecified atom stereocenters. The van der Waals surface area contributed by atoms with Crippen LogP contribution in [0.5, 0.6) is 0 Å². The van der Waals surface area contributed by atoms with Crippen LogP contribution in [0.15, 0.2) is 36.4 Å². The fourth-order valence-electron chi connectivity index (χ4n) is 4.09. The molecule has 12 heteroatoms. The van der Waals surface area contributed by atoms with Gasteiger partial charge in [-0.1, -0.05) is 6.07 Å². The maximum Gasteiger partial charge on any atom is 0.251 e. The minimum Gasteiger partial charge on any atom is -0.386 e. The number of ether oxygens (including phenoxy) is 1. The zero-order valence-electron chi connectivity index (χ0n) is 20.3. The van der Waals surface area contributed by atoms with Crippen molar-refractivity contribution in [2.45, 2.75) is 25.5 Å². The first-order chi connectivity index (χ1) is 17.5. The van der Waals surface area contributed by atoms with E-state index in [9.17, 15) is 23.5 Å². The van der Waals surface area contributed by atoms with Crippen molar-refractivity contribution < 1.29 is 28.2 Å². The molecule has 0 spiro atoms. The monoisotopic (exact) mass is 531 g/mol. The van der Waals surface area contributed by atoms with Crippen LogP contribution < -0.4 is 16.8 Å². The number of anilines is 2. The molecule has 2 aromatic heterocycles. The number of aromatic nitrogens is 1.